The van der Waals surface area contributed by atoms with E-state index >= 15 is 0 Å². The van der Waals surface area contributed by atoms with Crippen molar-refractivity contribution in [2.45, 2.75) is 26.3 Å². The van der Waals surface area contributed by atoms with Crippen LogP contribution in [-0.4, -0.2) is 41.6 Å². The molecule has 0 aromatic rings. The van der Waals surface area contributed by atoms with Crippen LogP contribution in [0.15, 0.2) is 0 Å². The Hall–Kier alpha value is -0.610. The third-order valence-corrected chi connectivity index (χ3v) is 2.30. The average Bonchev–Trinajstić information content (AvgIpc) is 2.45. The lowest BCUT2D eigenvalue weighted by atomic mass is 10.3. The Morgan fingerprint density at radius 3 is 2.83 bits per heavy atom. The van der Waals surface area contributed by atoms with Gasteiger partial charge in [-0.15, -0.1) is 0 Å². The molecule has 0 radical (unpaired) electrons. The topological polar surface area (TPSA) is 49.6 Å². The Kier molecular flexibility index (Phi) is 3.05. The Morgan fingerprint density at radius 1 is 1.67 bits per heavy atom. The van der Waals surface area contributed by atoms with Crippen molar-refractivity contribution in [3.05, 3.63) is 0 Å². The lowest BCUT2D eigenvalue weighted by Crippen LogP contribution is -2.47. The number of nitrogens with two attached hydrogens (primary N) is 1. The van der Waals surface area contributed by atoms with Crippen LogP contribution >= 0.6 is 0 Å². The average molecular weight is 171 g/mol. The van der Waals surface area contributed by atoms with Crippen molar-refractivity contribution < 1.29 is 4.79 Å². The molecule has 0 saturated carbocycles. The van der Waals surface area contributed by atoms with E-state index in [9.17, 15) is 4.79 Å². The fraction of sp³-hybridized carbons (Fsp3) is 0.875. The van der Waals surface area contributed by atoms with E-state index in [1.165, 1.54) is 0 Å². The third kappa shape index (κ3) is 1.59. The second kappa shape index (κ2) is 3.87. The number of nitrogens with zero attached hydrogens (tertiary/aromatic N) is 2. The zero-order chi connectivity index (χ0) is 9.14. The van der Waals surface area contributed by atoms with Crippen molar-refractivity contribution in [2.75, 3.05) is 19.6 Å². The predicted molar refractivity (Wildman–Crippen MR) is 47.2 cm³/mol. The van der Waals surface area contributed by atoms with Crippen molar-refractivity contribution in [1.82, 2.24) is 10.0 Å². The van der Waals surface area contributed by atoms with Crippen molar-refractivity contribution in [2.24, 2.45) is 5.73 Å². The molecule has 12 heavy (non-hydrogen) atoms. The van der Waals surface area contributed by atoms with Gasteiger partial charge >= 0.3 is 0 Å². The van der Waals surface area contributed by atoms with E-state index in [1.807, 2.05) is 13.8 Å². The van der Waals surface area contributed by atoms with Gasteiger partial charge in [0.05, 0.1) is 0 Å². The number of hydrogen-bond donors (Lipinski definition) is 1. The quantitative estimate of drug-likeness (QED) is 0.640. The van der Waals surface area contributed by atoms with Crippen molar-refractivity contribution in [3.63, 3.8) is 0 Å². The van der Waals surface area contributed by atoms with Gasteiger partial charge in [0.2, 0.25) is 5.91 Å². The molecule has 0 bridgehead atoms. The van der Waals surface area contributed by atoms with Crippen LogP contribution < -0.4 is 5.73 Å². The summed E-state index contributed by atoms with van der Waals surface area (Å²) in [6, 6.07) is 0.274. The monoisotopic (exact) mass is 171 g/mol. The van der Waals surface area contributed by atoms with Crippen LogP contribution in [0.5, 0.6) is 0 Å². The fourth-order valence-electron chi connectivity index (χ4n) is 1.54. The lowest BCUT2D eigenvalue weighted by molar-refractivity contribution is -0.139. The van der Waals surface area contributed by atoms with Crippen molar-refractivity contribution in [1.29, 1.82) is 0 Å². The van der Waals surface area contributed by atoms with Crippen LogP contribution in [0.2, 0.25) is 0 Å². The molecule has 4 nitrogen and oxygen atoms in total. The highest BCUT2D eigenvalue weighted by atomic mass is 16.2. The molecular formula is C8H17N3O. The third-order valence-electron chi connectivity index (χ3n) is 2.30. The highest BCUT2D eigenvalue weighted by molar-refractivity contribution is 5.77. The maximum Gasteiger partial charge on any atom is 0.238 e. The zero-order valence-electron chi connectivity index (χ0n) is 7.79. The molecule has 2 N–H and O–H groups in total. The molecule has 1 atom stereocenters. The maximum absolute atomic E-state index is 11.3. The summed E-state index contributed by atoms with van der Waals surface area (Å²) >= 11 is 0. The second-order valence-electron chi connectivity index (χ2n) is 3.11. The van der Waals surface area contributed by atoms with Gasteiger partial charge in [0.25, 0.3) is 0 Å². The summed E-state index contributed by atoms with van der Waals surface area (Å²) in [6.07, 6.45) is 0.637. The van der Waals surface area contributed by atoms with Crippen LogP contribution in [0.25, 0.3) is 0 Å². The first kappa shape index (κ1) is 9.48. The van der Waals surface area contributed by atoms with Crippen molar-refractivity contribution >= 4 is 5.91 Å². The number of carbonyl (C=O) groups is 1. The summed E-state index contributed by atoms with van der Waals surface area (Å²) in [6.45, 7) is 6.21. The molecular weight excluding hydrogens is 154 g/mol. The minimum Gasteiger partial charge on any atom is -0.329 e. The van der Waals surface area contributed by atoms with E-state index < -0.39 is 0 Å². The Bertz CT molecular complexity index is 172. The van der Waals surface area contributed by atoms with Gasteiger partial charge in [-0.1, -0.05) is 0 Å². The largest absolute Gasteiger partial charge is 0.329 e. The first-order valence-electron chi connectivity index (χ1n) is 4.47. The Morgan fingerprint density at radius 2 is 2.33 bits per heavy atom. The molecule has 0 aliphatic carbocycles. The number of hydrogen-bond acceptors (Lipinski definition) is 3. The number of amides is 1. The fourth-order valence-corrected chi connectivity index (χ4v) is 1.54. The van der Waals surface area contributed by atoms with Gasteiger partial charge in [-0.3, -0.25) is 9.80 Å². The molecule has 70 valence electrons. The van der Waals surface area contributed by atoms with Gasteiger partial charge in [-0.2, -0.15) is 0 Å². The van der Waals surface area contributed by atoms with Crippen LogP contribution in [0.4, 0.5) is 0 Å². The summed E-state index contributed by atoms with van der Waals surface area (Å²) < 4.78 is 0. The van der Waals surface area contributed by atoms with E-state index in [1.54, 1.807) is 5.01 Å². The number of hydrazine groups is 1. The number of rotatable bonds is 3. The summed E-state index contributed by atoms with van der Waals surface area (Å²) in [5.41, 5.74) is 5.53. The minimum atomic E-state index is 0.220. The van der Waals surface area contributed by atoms with Crippen LogP contribution in [0.3, 0.4) is 0 Å². The summed E-state index contributed by atoms with van der Waals surface area (Å²) in [7, 11) is 0. The predicted octanol–water partition coefficient (Wildman–Crippen LogP) is -0.197. The maximum atomic E-state index is 11.3. The SMILES string of the molecule is CCN1C(=O)CCN1C(C)CN. The smallest absolute Gasteiger partial charge is 0.238 e. The Labute approximate surface area is 73.3 Å². The normalized spacial score (nSPS) is 21.9. The molecule has 1 fully saturated rings. The molecule has 0 aromatic carbocycles. The molecule has 1 saturated heterocycles. The molecule has 1 unspecified atom stereocenters. The van der Waals surface area contributed by atoms with E-state index in [0.717, 1.165) is 13.1 Å². The highest BCUT2D eigenvalue weighted by Crippen LogP contribution is 2.14. The van der Waals surface area contributed by atoms with E-state index in [2.05, 4.69) is 5.01 Å². The second-order valence-corrected chi connectivity index (χ2v) is 3.11. The van der Waals surface area contributed by atoms with Gasteiger partial charge in [-0.05, 0) is 13.8 Å². The highest BCUT2D eigenvalue weighted by Gasteiger charge is 2.29. The molecule has 1 aliphatic rings. The van der Waals surface area contributed by atoms with E-state index in [0.29, 0.717) is 13.0 Å². The first-order chi connectivity index (χ1) is 5.70. The van der Waals surface area contributed by atoms with Crippen LogP contribution in [0.1, 0.15) is 20.3 Å². The van der Waals surface area contributed by atoms with Gasteiger partial charge in [0, 0.05) is 32.1 Å². The molecule has 1 heterocycles. The first-order valence-corrected chi connectivity index (χ1v) is 4.47. The molecule has 1 amide bonds. The lowest BCUT2D eigenvalue weighted by Gasteiger charge is -2.31. The van der Waals surface area contributed by atoms with Crippen molar-refractivity contribution in [3.8, 4) is 0 Å². The molecule has 0 aromatic heterocycles. The minimum absolute atomic E-state index is 0.220. The van der Waals surface area contributed by atoms with Crippen LogP contribution in [0, 0.1) is 0 Å². The van der Waals surface area contributed by atoms with Gasteiger partial charge in [-0.25, -0.2) is 5.01 Å². The molecule has 4 heteroatoms. The summed E-state index contributed by atoms with van der Waals surface area (Å²) in [4.78, 5) is 11.3. The van der Waals surface area contributed by atoms with Gasteiger partial charge in [0.15, 0.2) is 0 Å². The summed E-state index contributed by atoms with van der Waals surface area (Å²) in [5, 5.41) is 3.85. The Balaban J connectivity index is 2.59. The van der Waals surface area contributed by atoms with Gasteiger partial charge in [0.1, 0.15) is 0 Å². The van der Waals surface area contributed by atoms with E-state index in [-0.39, 0.29) is 11.9 Å². The zero-order valence-corrected chi connectivity index (χ0v) is 7.79. The summed E-state index contributed by atoms with van der Waals surface area (Å²) in [5.74, 6) is 0.220. The van der Waals surface area contributed by atoms with Gasteiger partial charge < -0.3 is 5.73 Å². The standard InChI is InChI=1S/C8H17N3O/c1-3-10-8(12)4-5-11(10)7(2)6-9/h7H,3-6,9H2,1-2H3. The molecule has 1 rings (SSSR count). The number of carbonyl (C=O) groups excluding carboxylic acids is 1. The molecule has 1 aliphatic heterocycles. The molecule has 0 spiro atoms. The van der Waals surface area contributed by atoms with Crippen LogP contribution in [-0.2, 0) is 4.79 Å². The van der Waals surface area contributed by atoms with E-state index in [4.69, 9.17) is 5.73 Å².